The van der Waals surface area contributed by atoms with E-state index < -0.39 is 0 Å². The highest BCUT2D eigenvalue weighted by atomic mass is 16.2. The predicted molar refractivity (Wildman–Crippen MR) is 59.1 cm³/mol. The van der Waals surface area contributed by atoms with Crippen molar-refractivity contribution in [2.75, 3.05) is 6.67 Å². The SMILES string of the molecule is O=C=NCNC(=O)NC1CCc2cn[nH]c2C1. The van der Waals surface area contributed by atoms with E-state index in [-0.39, 0.29) is 18.7 Å². The average Bonchev–Trinajstić information content (AvgIpc) is 2.76. The van der Waals surface area contributed by atoms with Crippen molar-refractivity contribution in [2.24, 2.45) is 4.99 Å². The van der Waals surface area contributed by atoms with Crippen LogP contribution in [-0.4, -0.2) is 35.0 Å². The number of aryl methyl sites for hydroxylation is 1. The first-order chi connectivity index (χ1) is 8.29. The second-order valence-corrected chi connectivity index (χ2v) is 3.87. The number of aromatic nitrogens is 2. The number of carbonyl (C=O) groups excluding carboxylic acids is 2. The third-order valence-corrected chi connectivity index (χ3v) is 2.74. The van der Waals surface area contributed by atoms with Gasteiger partial charge in [0, 0.05) is 18.2 Å². The number of isocyanates is 1. The maximum absolute atomic E-state index is 11.4. The number of H-pyrrole nitrogens is 1. The zero-order valence-corrected chi connectivity index (χ0v) is 9.19. The molecular formula is C10H13N5O2. The molecule has 7 heteroatoms. The van der Waals surface area contributed by atoms with Crippen molar-refractivity contribution in [3.8, 4) is 0 Å². The van der Waals surface area contributed by atoms with E-state index in [9.17, 15) is 9.59 Å². The van der Waals surface area contributed by atoms with Gasteiger partial charge in [0.15, 0.2) is 0 Å². The first kappa shape index (κ1) is 11.3. The van der Waals surface area contributed by atoms with Gasteiger partial charge < -0.3 is 10.6 Å². The summed E-state index contributed by atoms with van der Waals surface area (Å²) in [5, 5.41) is 12.2. The molecule has 0 spiro atoms. The molecule has 3 N–H and O–H groups in total. The lowest BCUT2D eigenvalue weighted by atomic mass is 9.94. The number of hydrogen-bond donors (Lipinski definition) is 3. The Morgan fingerprint density at radius 1 is 1.71 bits per heavy atom. The van der Waals surface area contributed by atoms with Crippen molar-refractivity contribution in [3.63, 3.8) is 0 Å². The fourth-order valence-corrected chi connectivity index (χ4v) is 1.91. The predicted octanol–water partition coefficient (Wildman–Crippen LogP) is -0.141. The molecule has 0 bridgehead atoms. The molecule has 1 aliphatic carbocycles. The standard InChI is InChI=1S/C10H13N5O2/c16-6-11-5-12-10(17)14-8-2-1-7-4-13-15-9(7)3-8/h4,8H,1-3,5H2,(H,13,15)(H2,12,14,17). The van der Waals surface area contributed by atoms with Crippen LogP contribution in [0.1, 0.15) is 17.7 Å². The van der Waals surface area contributed by atoms with Gasteiger partial charge in [0.05, 0.1) is 6.20 Å². The fraction of sp³-hybridized carbons (Fsp3) is 0.500. The molecule has 1 aliphatic rings. The van der Waals surface area contributed by atoms with E-state index in [0.717, 1.165) is 25.0 Å². The summed E-state index contributed by atoms with van der Waals surface area (Å²) in [6.07, 6.45) is 5.72. The summed E-state index contributed by atoms with van der Waals surface area (Å²) in [5.41, 5.74) is 2.29. The van der Waals surface area contributed by atoms with E-state index in [1.807, 2.05) is 6.20 Å². The Morgan fingerprint density at radius 2 is 2.59 bits per heavy atom. The monoisotopic (exact) mass is 235 g/mol. The van der Waals surface area contributed by atoms with E-state index in [4.69, 9.17) is 0 Å². The molecule has 0 fully saturated rings. The van der Waals surface area contributed by atoms with Gasteiger partial charge in [0.1, 0.15) is 6.67 Å². The molecule has 7 nitrogen and oxygen atoms in total. The molecule has 0 radical (unpaired) electrons. The van der Waals surface area contributed by atoms with Crippen LogP contribution in [0.2, 0.25) is 0 Å². The highest BCUT2D eigenvalue weighted by Crippen LogP contribution is 2.18. The number of hydrogen-bond acceptors (Lipinski definition) is 4. The summed E-state index contributed by atoms with van der Waals surface area (Å²) < 4.78 is 0. The number of amides is 2. The molecule has 1 heterocycles. The Bertz CT molecular complexity index is 449. The van der Waals surface area contributed by atoms with Crippen molar-refractivity contribution in [3.05, 3.63) is 17.5 Å². The number of urea groups is 1. The Kier molecular flexibility index (Phi) is 3.52. The van der Waals surface area contributed by atoms with Gasteiger partial charge in [-0.15, -0.1) is 0 Å². The van der Waals surface area contributed by atoms with Crippen molar-refractivity contribution in [1.82, 2.24) is 20.8 Å². The summed E-state index contributed by atoms with van der Waals surface area (Å²) in [4.78, 5) is 24.4. The van der Waals surface area contributed by atoms with Gasteiger partial charge in [-0.1, -0.05) is 0 Å². The summed E-state index contributed by atoms with van der Waals surface area (Å²) in [7, 11) is 0. The molecule has 1 aromatic heterocycles. The van der Waals surface area contributed by atoms with Crippen LogP contribution in [0.4, 0.5) is 4.79 Å². The number of nitrogens with zero attached hydrogens (tertiary/aromatic N) is 2. The van der Waals surface area contributed by atoms with E-state index in [0.29, 0.717) is 0 Å². The van der Waals surface area contributed by atoms with E-state index in [1.165, 1.54) is 11.6 Å². The summed E-state index contributed by atoms with van der Waals surface area (Å²) in [5.74, 6) is 0. The first-order valence-corrected chi connectivity index (χ1v) is 5.38. The van der Waals surface area contributed by atoms with Crippen LogP contribution in [0.15, 0.2) is 11.2 Å². The van der Waals surface area contributed by atoms with E-state index >= 15 is 0 Å². The molecule has 1 aromatic rings. The highest BCUT2D eigenvalue weighted by Gasteiger charge is 2.21. The van der Waals surface area contributed by atoms with Crippen LogP contribution >= 0.6 is 0 Å². The minimum atomic E-state index is -0.322. The maximum Gasteiger partial charge on any atom is 0.316 e. The normalized spacial score (nSPS) is 17.8. The topological polar surface area (TPSA) is 99.2 Å². The van der Waals surface area contributed by atoms with Crippen LogP contribution in [0.3, 0.4) is 0 Å². The van der Waals surface area contributed by atoms with Crippen LogP contribution in [-0.2, 0) is 17.6 Å². The summed E-state index contributed by atoms with van der Waals surface area (Å²) >= 11 is 0. The van der Waals surface area contributed by atoms with Crippen molar-refractivity contribution < 1.29 is 9.59 Å². The minimum absolute atomic E-state index is 0.0443. The average molecular weight is 235 g/mol. The lowest BCUT2D eigenvalue weighted by molar-refractivity contribution is 0.236. The Morgan fingerprint density at radius 3 is 3.41 bits per heavy atom. The quantitative estimate of drug-likeness (QED) is 0.502. The molecule has 1 unspecified atom stereocenters. The van der Waals surface area contributed by atoms with Crippen LogP contribution in [0.25, 0.3) is 0 Å². The molecule has 0 aliphatic heterocycles. The number of fused-ring (bicyclic) bond motifs is 1. The summed E-state index contributed by atoms with van der Waals surface area (Å²) in [6, 6.07) is -0.236. The van der Waals surface area contributed by atoms with Gasteiger partial charge in [-0.2, -0.15) is 10.1 Å². The molecular weight excluding hydrogens is 222 g/mol. The Labute approximate surface area is 97.7 Å². The number of aliphatic imine (C=N–C) groups is 1. The Hall–Kier alpha value is -2.14. The number of carbonyl (C=O) groups is 1. The minimum Gasteiger partial charge on any atom is -0.335 e. The fourth-order valence-electron chi connectivity index (χ4n) is 1.91. The smallest absolute Gasteiger partial charge is 0.316 e. The van der Waals surface area contributed by atoms with Gasteiger partial charge in [-0.3, -0.25) is 5.10 Å². The molecule has 90 valence electrons. The third kappa shape index (κ3) is 2.92. The first-order valence-electron chi connectivity index (χ1n) is 5.38. The largest absolute Gasteiger partial charge is 0.335 e. The molecule has 0 saturated carbocycles. The molecule has 0 aromatic carbocycles. The molecule has 2 amide bonds. The molecule has 1 atom stereocenters. The molecule has 0 saturated heterocycles. The second kappa shape index (κ2) is 5.27. The van der Waals surface area contributed by atoms with E-state index in [1.54, 1.807) is 0 Å². The van der Waals surface area contributed by atoms with Gasteiger partial charge in [0.25, 0.3) is 0 Å². The highest BCUT2D eigenvalue weighted by molar-refractivity contribution is 5.74. The zero-order valence-electron chi connectivity index (χ0n) is 9.19. The lowest BCUT2D eigenvalue weighted by Gasteiger charge is -2.22. The number of rotatable bonds is 3. The zero-order chi connectivity index (χ0) is 12.1. The van der Waals surface area contributed by atoms with Crippen LogP contribution in [0.5, 0.6) is 0 Å². The van der Waals surface area contributed by atoms with Crippen molar-refractivity contribution in [1.29, 1.82) is 0 Å². The Balaban J connectivity index is 1.81. The van der Waals surface area contributed by atoms with Gasteiger partial charge in [-0.05, 0) is 18.4 Å². The molecule has 17 heavy (non-hydrogen) atoms. The maximum atomic E-state index is 11.4. The molecule has 2 rings (SSSR count). The second-order valence-electron chi connectivity index (χ2n) is 3.87. The van der Waals surface area contributed by atoms with Crippen molar-refractivity contribution >= 4 is 12.1 Å². The number of nitrogens with one attached hydrogen (secondary N) is 3. The van der Waals surface area contributed by atoms with Gasteiger partial charge in [-0.25, -0.2) is 9.59 Å². The third-order valence-electron chi connectivity index (χ3n) is 2.74. The van der Waals surface area contributed by atoms with Crippen molar-refractivity contribution in [2.45, 2.75) is 25.3 Å². The van der Waals surface area contributed by atoms with Crippen LogP contribution < -0.4 is 10.6 Å². The van der Waals surface area contributed by atoms with Gasteiger partial charge >= 0.3 is 6.03 Å². The van der Waals surface area contributed by atoms with Crippen LogP contribution in [0, 0.1) is 0 Å². The summed E-state index contributed by atoms with van der Waals surface area (Å²) in [6.45, 7) is -0.0443. The number of aromatic amines is 1. The van der Waals surface area contributed by atoms with Gasteiger partial charge in [0.2, 0.25) is 6.08 Å². The van der Waals surface area contributed by atoms with E-state index in [2.05, 4.69) is 25.8 Å². The lowest BCUT2D eigenvalue weighted by Crippen LogP contribution is -2.44.